The molecule has 29 heavy (non-hydrogen) atoms. The van der Waals surface area contributed by atoms with Crippen LogP contribution in [-0.2, 0) is 0 Å². The maximum Gasteiger partial charge on any atom is 0.387 e. The summed E-state index contributed by atoms with van der Waals surface area (Å²) in [6.07, 6.45) is 1.56. The molecule has 0 aliphatic heterocycles. The number of halogens is 2. The average Bonchev–Trinajstić information content (AvgIpc) is 3.20. The van der Waals surface area contributed by atoms with Gasteiger partial charge in [0.15, 0.2) is 10.6 Å². The van der Waals surface area contributed by atoms with Gasteiger partial charge in [0.1, 0.15) is 5.75 Å². The van der Waals surface area contributed by atoms with Gasteiger partial charge in [0, 0.05) is 28.6 Å². The lowest BCUT2D eigenvalue weighted by Crippen LogP contribution is -2.14. The molecule has 4 aromatic rings. The van der Waals surface area contributed by atoms with E-state index < -0.39 is 12.5 Å². The first kappa shape index (κ1) is 18.8. The van der Waals surface area contributed by atoms with Crippen molar-refractivity contribution >= 4 is 33.3 Å². The second-order valence-corrected chi connectivity index (χ2v) is 6.84. The molecule has 2 aromatic heterocycles. The first-order valence-electron chi connectivity index (χ1n) is 8.44. The number of pyridine rings is 1. The van der Waals surface area contributed by atoms with Gasteiger partial charge < -0.3 is 9.72 Å². The van der Waals surface area contributed by atoms with Crippen molar-refractivity contribution in [2.45, 2.75) is 6.61 Å². The molecule has 0 saturated heterocycles. The monoisotopic (exact) mass is 413 g/mol. The number of fused-ring (bicyclic) bond motifs is 1. The van der Waals surface area contributed by atoms with Crippen LogP contribution in [-0.4, -0.2) is 22.5 Å². The summed E-state index contributed by atoms with van der Waals surface area (Å²) in [5.41, 5.74) is 0.694. The number of para-hydroxylation sites is 2. The van der Waals surface area contributed by atoms with Gasteiger partial charge >= 0.3 is 6.61 Å². The Labute approximate surface area is 166 Å². The van der Waals surface area contributed by atoms with Crippen LogP contribution >= 0.6 is 11.3 Å². The Hall–Kier alpha value is -3.59. The van der Waals surface area contributed by atoms with Crippen LogP contribution in [0.15, 0.2) is 64.9 Å². The molecule has 0 aliphatic rings. The number of amides is 1. The smallest absolute Gasteiger partial charge is 0.387 e. The van der Waals surface area contributed by atoms with E-state index in [9.17, 15) is 18.4 Å². The molecule has 2 aromatic carbocycles. The summed E-state index contributed by atoms with van der Waals surface area (Å²) in [7, 11) is 0. The molecule has 6 nitrogen and oxygen atoms in total. The van der Waals surface area contributed by atoms with Crippen LogP contribution in [0.3, 0.4) is 0 Å². The number of hydrogen-bond acceptors (Lipinski definition) is 5. The molecule has 0 unspecified atom stereocenters. The van der Waals surface area contributed by atoms with E-state index in [0.717, 1.165) is 0 Å². The molecule has 0 radical (unpaired) electrons. The number of carbonyl (C=O) groups excluding carboxylic acids is 1. The quantitative estimate of drug-likeness (QED) is 0.504. The number of rotatable bonds is 5. The summed E-state index contributed by atoms with van der Waals surface area (Å²) < 4.78 is 30.1. The van der Waals surface area contributed by atoms with E-state index in [4.69, 9.17) is 0 Å². The first-order chi connectivity index (χ1) is 14.0. The summed E-state index contributed by atoms with van der Waals surface area (Å²) in [6, 6.07) is 12.1. The van der Waals surface area contributed by atoms with E-state index in [0.29, 0.717) is 10.5 Å². The van der Waals surface area contributed by atoms with Crippen molar-refractivity contribution in [3.8, 4) is 17.0 Å². The van der Waals surface area contributed by atoms with E-state index in [1.54, 1.807) is 48.0 Å². The number of thiazole rings is 1. The number of nitrogens with zero attached hydrogens (tertiary/aromatic N) is 1. The zero-order chi connectivity index (χ0) is 20.4. The number of carbonyl (C=O) groups is 1. The highest BCUT2D eigenvalue weighted by molar-refractivity contribution is 7.13. The van der Waals surface area contributed by atoms with Gasteiger partial charge in [-0.1, -0.05) is 18.2 Å². The fraction of sp³-hybridized carbons (Fsp3) is 0.0500. The van der Waals surface area contributed by atoms with Gasteiger partial charge in [0.05, 0.1) is 16.8 Å². The second-order valence-electron chi connectivity index (χ2n) is 5.94. The number of benzene rings is 2. The van der Waals surface area contributed by atoms with Crippen molar-refractivity contribution in [2.24, 2.45) is 0 Å². The zero-order valence-electron chi connectivity index (χ0n) is 14.7. The lowest BCUT2D eigenvalue weighted by molar-refractivity contribution is -0.0494. The minimum atomic E-state index is -3.01. The van der Waals surface area contributed by atoms with E-state index in [1.165, 1.54) is 23.5 Å². The van der Waals surface area contributed by atoms with Gasteiger partial charge in [-0.15, -0.1) is 11.3 Å². The molecule has 2 N–H and O–H groups in total. The van der Waals surface area contributed by atoms with Crippen LogP contribution in [0, 0.1) is 0 Å². The van der Waals surface area contributed by atoms with Crippen molar-refractivity contribution < 1.29 is 18.3 Å². The molecule has 9 heteroatoms. The highest BCUT2D eigenvalue weighted by Crippen LogP contribution is 2.30. The van der Waals surface area contributed by atoms with E-state index in [2.05, 4.69) is 20.0 Å². The number of hydrogen-bond donors (Lipinski definition) is 2. The van der Waals surface area contributed by atoms with Gasteiger partial charge in [-0.05, 0) is 24.3 Å². The lowest BCUT2D eigenvalue weighted by Gasteiger charge is -2.12. The molecule has 2 heterocycles. The number of nitrogens with one attached hydrogen (secondary N) is 2. The molecular formula is C20H13F2N3O3S. The van der Waals surface area contributed by atoms with Crippen molar-refractivity contribution in [1.82, 2.24) is 9.97 Å². The number of aromatic nitrogens is 2. The van der Waals surface area contributed by atoms with Crippen molar-refractivity contribution in [3.05, 3.63) is 75.9 Å². The molecule has 146 valence electrons. The Morgan fingerprint density at radius 1 is 1.17 bits per heavy atom. The first-order valence-corrected chi connectivity index (χ1v) is 9.32. The molecule has 4 rings (SSSR count). The minimum absolute atomic E-state index is 0.0813. The van der Waals surface area contributed by atoms with Gasteiger partial charge in [0.2, 0.25) is 0 Å². The third-order valence-electron chi connectivity index (χ3n) is 4.16. The van der Waals surface area contributed by atoms with E-state index >= 15 is 0 Å². The SMILES string of the molecule is O=C(Nc1nccs1)c1cccc2c(=O)cc(-c3ccccc3OC(F)F)[nH]c12. The van der Waals surface area contributed by atoms with Gasteiger partial charge in [0.25, 0.3) is 5.91 Å². The van der Waals surface area contributed by atoms with Crippen molar-refractivity contribution in [2.75, 3.05) is 5.32 Å². The van der Waals surface area contributed by atoms with Gasteiger partial charge in [-0.3, -0.25) is 14.9 Å². The highest BCUT2D eigenvalue weighted by atomic mass is 32.1. The van der Waals surface area contributed by atoms with Crippen molar-refractivity contribution in [1.29, 1.82) is 0 Å². The zero-order valence-corrected chi connectivity index (χ0v) is 15.5. The fourth-order valence-corrected chi connectivity index (χ4v) is 3.47. The topological polar surface area (TPSA) is 84.1 Å². The largest absolute Gasteiger partial charge is 0.434 e. The minimum Gasteiger partial charge on any atom is -0.434 e. The number of ether oxygens (including phenoxy) is 1. The van der Waals surface area contributed by atoms with Crippen LogP contribution in [0.4, 0.5) is 13.9 Å². The lowest BCUT2D eigenvalue weighted by atomic mass is 10.0. The number of aromatic amines is 1. The van der Waals surface area contributed by atoms with Crippen LogP contribution in [0.5, 0.6) is 5.75 Å². The molecule has 0 spiro atoms. The number of alkyl halides is 2. The maximum absolute atomic E-state index is 12.7. The molecule has 0 bridgehead atoms. The maximum atomic E-state index is 12.7. The summed E-state index contributed by atoms with van der Waals surface area (Å²) >= 11 is 1.26. The second kappa shape index (κ2) is 7.80. The van der Waals surface area contributed by atoms with Crippen LogP contribution in [0.1, 0.15) is 10.4 Å². The molecule has 0 atom stereocenters. The van der Waals surface area contributed by atoms with Crippen molar-refractivity contribution in [3.63, 3.8) is 0 Å². The average molecular weight is 413 g/mol. The Kier molecular flexibility index (Phi) is 5.05. The van der Waals surface area contributed by atoms with Gasteiger partial charge in [-0.25, -0.2) is 4.98 Å². The molecule has 0 saturated carbocycles. The Balaban J connectivity index is 1.85. The van der Waals surface area contributed by atoms with E-state index in [-0.39, 0.29) is 33.5 Å². The van der Waals surface area contributed by atoms with Crippen LogP contribution < -0.4 is 15.5 Å². The normalized spacial score (nSPS) is 11.0. The summed E-state index contributed by atoms with van der Waals surface area (Å²) in [4.78, 5) is 32.4. The standard InChI is InChI=1S/C20H13F2N3O3S/c21-19(22)28-16-7-2-1-4-11(16)14-10-15(26)12-5-3-6-13(17(12)24-14)18(27)25-20-23-8-9-29-20/h1-10,19H,(H,24,26)(H,23,25,27). The number of anilines is 1. The molecule has 1 amide bonds. The predicted octanol–water partition coefficient (Wildman–Crippen LogP) is 4.51. The summed E-state index contributed by atoms with van der Waals surface area (Å²) in [5.74, 6) is -0.530. The van der Waals surface area contributed by atoms with Crippen LogP contribution in [0.25, 0.3) is 22.2 Å². The Morgan fingerprint density at radius 3 is 2.76 bits per heavy atom. The Bertz CT molecular complexity index is 1240. The third-order valence-corrected chi connectivity index (χ3v) is 4.84. The van der Waals surface area contributed by atoms with E-state index in [1.807, 2.05) is 0 Å². The van der Waals surface area contributed by atoms with Crippen LogP contribution in [0.2, 0.25) is 0 Å². The summed E-state index contributed by atoms with van der Waals surface area (Å²) in [6.45, 7) is -3.01. The molecule has 0 fully saturated rings. The summed E-state index contributed by atoms with van der Waals surface area (Å²) in [5, 5.41) is 5.11. The highest BCUT2D eigenvalue weighted by Gasteiger charge is 2.17. The molecule has 0 aliphatic carbocycles. The molecular weight excluding hydrogens is 400 g/mol. The Morgan fingerprint density at radius 2 is 2.00 bits per heavy atom. The van der Waals surface area contributed by atoms with Gasteiger partial charge in [-0.2, -0.15) is 8.78 Å². The third kappa shape index (κ3) is 3.85. The fourth-order valence-electron chi connectivity index (χ4n) is 2.94. The predicted molar refractivity (Wildman–Crippen MR) is 107 cm³/mol. The number of H-pyrrole nitrogens is 1.